The first-order chi connectivity index (χ1) is 11.0. The lowest BCUT2D eigenvalue weighted by Gasteiger charge is -2.11. The normalized spacial score (nSPS) is 10.9. The summed E-state index contributed by atoms with van der Waals surface area (Å²) in [6.07, 6.45) is 1.26. The zero-order chi connectivity index (χ0) is 17.0. The minimum Gasteiger partial charge on any atom is -0.475 e. The molecule has 0 fully saturated rings. The quantitative estimate of drug-likeness (QED) is 0.404. The molecule has 2 rings (SSSR count). The molecule has 0 atom stereocenters. The van der Waals surface area contributed by atoms with Gasteiger partial charge in [-0.15, -0.1) is 10.2 Å². The van der Waals surface area contributed by atoms with Crippen molar-refractivity contribution in [3.05, 3.63) is 39.8 Å². The number of H-pyrrole nitrogens is 1. The molecular weight excluding hydrogens is 368 g/mol. The molecule has 0 saturated carbocycles. The number of halogens is 1. The number of carboxylic acids is 1. The highest BCUT2D eigenvalue weighted by Crippen LogP contribution is 2.29. The van der Waals surface area contributed by atoms with Gasteiger partial charge in [-0.1, -0.05) is 6.07 Å². The second-order valence-corrected chi connectivity index (χ2v) is 5.10. The van der Waals surface area contributed by atoms with Crippen molar-refractivity contribution in [2.45, 2.75) is 6.92 Å². The second-order valence-electron chi connectivity index (χ2n) is 4.30. The van der Waals surface area contributed by atoms with Crippen LogP contribution in [0.2, 0.25) is 0 Å². The minimum atomic E-state index is -1.58. The molecule has 0 bridgehead atoms. The van der Waals surface area contributed by atoms with E-state index in [2.05, 4.69) is 41.9 Å². The second kappa shape index (κ2) is 6.80. The van der Waals surface area contributed by atoms with Gasteiger partial charge in [0.25, 0.3) is 5.78 Å². The Morgan fingerprint density at radius 2 is 2.22 bits per heavy atom. The maximum atomic E-state index is 11.9. The number of aromatic amines is 1. The third-order valence-electron chi connectivity index (χ3n) is 2.84. The summed E-state index contributed by atoms with van der Waals surface area (Å²) in [7, 11) is 0. The number of Topliss-reactive ketones (excluding diaryl/α,β-unsaturated/α-hetero) is 1. The van der Waals surface area contributed by atoms with E-state index in [0.717, 1.165) is 0 Å². The summed E-state index contributed by atoms with van der Waals surface area (Å²) in [5.74, 6) is -2.59. The van der Waals surface area contributed by atoms with Crippen LogP contribution in [-0.4, -0.2) is 37.5 Å². The van der Waals surface area contributed by atoms with E-state index in [9.17, 15) is 9.59 Å². The van der Waals surface area contributed by atoms with Gasteiger partial charge in [0.2, 0.25) is 5.82 Å². The van der Waals surface area contributed by atoms with Crippen LogP contribution >= 0.6 is 15.9 Å². The molecule has 0 radical (unpaired) electrons. The van der Waals surface area contributed by atoms with Crippen LogP contribution in [0.25, 0.3) is 5.57 Å². The fourth-order valence-corrected chi connectivity index (χ4v) is 2.23. The number of aryl methyl sites for hydroxylation is 1. The van der Waals surface area contributed by atoms with Crippen LogP contribution in [-0.2, 0) is 4.79 Å². The molecule has 2 aromatic rings. The predicted molar refractivity (Wildman–Crippen MR) is 82.2 cm³/mol. The lowest BCUT2D eigenvalue weighted by molar-refractivity contribution is -0.131. The zero-order valence-corrected chi connectivity index (χ0v) is 13.2. The van der Waals surface area contributed by atoms with Gasteiger partial charge in [0, 0.05) is 10.7 Å². The van der Waals surface area contributed by atoms with Crippen LogP contribution in [0, 0.1) is 18.3 Å². The number of allylic oxidation sites excluding steroid dienone is 1. The van der Waals surface area contributed by atoms with Crippen molar-refractivity contribution < 1.29 is 14.7 Å². The fourth-order valence-electron chi connectivity index (χ4n) is 1.70. The number of nitrogens with zero attached hydrogens (tertiary/aromatic N) is 4. The average molecular weight is 377 g/mol. The molecule has 0 aliphatic heterocycles. The summed E-state index contributed by atoms with van der Waals surface area (Å²) < 4.78 is 0.362. The Morgan fingerprint density at radius 3 is 2.78 bits per heavy atom. The number of carbonyl (C=O) groups excluding carboxylic acids is 1. The highest BCUT2D eigenvalue weighted by atomic mass is 79.9. The van der Waals surface area contributed by atoms with Gasteiger partial charge in [-0.2, -0.15) is 10.5 Å². The van der Waals surface area contributed by atoms with Crippen LogP contribution in [0.3, 0.4) is 0 Å². The number of tetrazole rings is 1. The summed E-state index contributed by atoms with van der Waals surface area (Å²) in [6.45, 7) is 1.72. The molecule has 116 valence electrons. The molecule has 1 aromatic heterocycles. The molecule has 0 unspecified atom stereocenters. The van der Waals surface area contributed by atoms with Gasteiger partial charge in [0.1, 0.15) is 11.6 Å². The van der Waals surface area contributed by atoms with E-state index in [4.69, 9.17) is 10.4 Å². The number of aliphatic carboxylic acids is 1. The maximum absolute atomic E-state index is 11.9. The van der Waals surface area contributed by atoms with Crippen molar-refractivity contribution in [2.24, 2.45) is 0 Å². The Kier molecular flexibility index (Phi) is 4.82. The van der Waals surface area contributed by atoms with E-state index in [-0.39, 0.29) is 22.6 Å². The maximum Gasteiger partial charge on any atom is 0.377 e. The third-order valence-corrected chi connectivity index (χ3v) is 3.86. The smallest absolute Gasteiger partial charge is 0.377 e. The Hall–Kier alpha value is -3.06. The molecule has 0 aliphatic rings. The van der Waals surface area contributed by atoms with E-state index in [1.165, 1.54) is 12.3 Å². The Bertz CT molecular complexity index is 838. The van der Waals surface area contributed by atoms with Crippen LogP contribution in [0.5, 0.6) is 0 Å². The van der Waals surface area contributed by atoms with E-state index in [0.29, 0.717) is 10.0 Å². The topological polar surface area (TPSA) is 145 Å². The standard InChI is InChI=1S/C13H9BrN6O3/c1-6-2-3-8(9(10(6)14)11(21)13(22)23)16-5-7(4-15)12-17-19-20-18-12/h2-3,5,16H,1H3,(H,22,23)(H,17,18,19,20). The number of hydrogen-bond donors (Lipinski definition) is 3. The third kappa shape index (κ3) is 3.41. The number of nitriles is 1. The van der Waals surface area contributed by atoms with E-state index in [1.807, 2.05) is 6.07 Å². The molecular formula is C13H9BrN6O3. The fraction of sp³-hybridized carbons (Fsp3) is 0.0769. The first-order valence-corrected chi connectivity index (χ1v) is 6.92. The number of carbonyl (C=O) groups is 2. The number of carboxylic acid groups (broad SMARTS) is 1. The van der Waals surface area contributed by atoms with Crippen molar-refractivity contribution >= 4 is 38.9 Å². The zero-order valence-electron chi connectivity index (χ0n) is 11.7. The SMILES string of the molecule is Cc1ccc(NC=C(C#N)c2nn[nH]n2)c(C(=O)C(=O)O)c1Br. The lowest BCUT2D eigenvalue weighted by atomic mass is 10.1. The number of rotatable bonds is 5. The molecule has 1 aromatic carbocycles. The van der Waals surface area contributed by atoms with E-state index in [1.54, 1.807) is 13.0 Å². The van der Waals surface area contributed by atoms with Crippen LogP contribution in [0.1, 0.15) is 21.7 Å². The summed E-state index contributed by atoms with van der Waals surface area (Å²) >= 11 is 3.21. The van der Waals surface area contributed by atoms with Gasteiger partial charge in [0.05, 0.1) is 11.3 Å². The number of nitrogens with one attached hydrogen (secondary N) is 2. The molecule has 9 nitrogen and oxygen atoms in total. The average Bonchev–Trinajstić information content (AvgIpc) is 3.05. The highest BCUT2D eigenvalue weighted by Gasteiger charge is 2.22. The lowest BCUT2D eigenvalue weighted by Crippen LogP contribution is -2.15. The van der Waals surface area contributed by atoms with Crippen LogP contribution in [0.4, 0.5) is 5.69 Å². The molecule has 0 amide bonds. The number of aromatic nitrogens is 4. The Balaban J connectivity index is 2.45. The van der Waals surface area contributed by atoms with E-state index >= 15 is 0 Å². The molecule has 10 heteroatoms. The van der Waals surface area contributed by atoms with E-state index < -0.39 is 11.8 Å². The number of anilines is 1. The Labute approximate surface area is 138 Å². The van der Waals surface area contributed by atoms with Gasteiger partial charge in [0.15, 0.2) is 0 Å². The van der Waals surface area contributed by atoms with Gasteiger partial charge in [-0.3, -0.25) is 4.79 Å². The molecule has 1 heterocycles. The molecule has 23 heavy (non-hydrogen) atoms. The number of ketones is 1. The summed E-state index contributed by atoms with van der Waals surface area (Å²) in [5, 5.41) is 33.7. The summed E-state index contributed by atoms with van der Waals surface area (Å²) in [6, 6.07) is 5.11. The minimum absolute atomic E-state index is 0.0425. The van der Waals surface area contributed by atoms with Crippen molar-refractivity contribution in [3.8, 4) is 6.07 Å². The van der Waals surface area contributed by atoms with Crippen molar-refractivity contribution in [1.29, 1.82) is 5.26 Å². The van der Waals surface area contributed by atoms with Crippen molar-refractivity contribution in [3.63, 3.8) is 0 Å². The summed E-state index contributed by atoms with van der Waals surface area (Å²) in [5.41, 5.74) is 0.942. The van der Waals surface area contributed by atoms with Gasteiger partial charge >= 0.3 is 5.97 Å². The molecule has 0 aliphatic carbocycles. The molecule has 0 spiro atoms. The number of benzene rings is 1. The first-order valence-electron chi connectivity index (χ1n) is 6.13. The van der Waals surface area contributed by atoms with Crippen LogP contribution < -0.4 is 5.32 Å². The first kappa shape index (κ1) is 16.3. The Morgan fingerprint density at radius 1 is 1.48 bits per heavy atom. The summed E-state index contributed by atoms with van der Waals surface area (Å²) in [4.78, 5) is 22.9. The van der Waals surface area contributed by atoms with Gasteiger partial charge in [-0.05, 0) is 39.7 Å². The van der Waals surface area contributed by atoms with Gasteiger partial charge < -0.3 is 10.4 Å². The monoisotopic (exact) mass is 376 g/mol. The molecule has 0 saturated heterocycles. The highest BCUT2D eigenvalue weighted by molar-refractivity contribution is 9.10. The predicted octanol–water partition coefficient (Wildman–Crippen LogP) is 1.51. The van der Waals surface area contributed by atoms with Crippen molar-refractivity contribution in [1.82, 2.24) is 20.6 Å². The van der Waals surface area contributed by atoms with Crippen LogP contribution in [0.15, 0.2) is 22.8 Å². The van der Waals surface area contributed by atoms with Crippen molar-refractivity contribution in [2.75, 3.05) is 5.32 Å². The largest absolute Gasteiger partial charge is 0.475 e. The molecule has 3 N–H and O–H groups in total. The number of hydrogen-bond acceptors (Lipinski definition) is 7. The van der Waals surface area contributed by atoms with Gasteiger partial charge in [-0.25, -0.2) is 4.79 Å².